The fourth-order valence-electron chi connectivity index (χ4n) is 1.54. The molecule has 0 fully saturated rings. The zero-order valence-corrected chi connectivity index (χ0v) is 10.7. The number of carboxylic acid groups (broad SMARTS) is 1. The quantitative estimate of drug-likeness (QED) is 0.727. The summed E-state index contributed by atoms with van der Waals surface area (Å²) in [6, 6.07) is 1.87. The first-order chi connectivity index (χ1) is 8.65. The fourth-order valence-corrected chi connectivity index (χ4v) is 1.54. The molecular weight excluding hydrogens is 234 g/mol. The van der Waals surface area contributed by atoms with Gasteiger partial charge in [0.05, 0.1) is 12.5 Å². The van der Waals surface area contributed by atoms with Crippen molar-refractivity contribution in [3.63, 3.8) is 0 Å². The maximum absolute atomic E-state index is 10.6. The lowest BCUT2D eigenvalue weighted by atomic mass is 10.2. The van der Waals surface area contributed by atoms with Gasteiger partial charge in [0.1, 0.15) is 12.1 Å². The molecule has 0 aliphatic carbocycles. The topological polar surface area (TPSA) is 84.3 Å². The van der Waals surface area contributed by atoms with Crippen molar-refractivity contribution in [1.82, 2.24) is 9.97 Å². The van der Waals surface area contributed by atoms with E-state index in [1.165, 1.54) is 13.4 Å². The molecule has 0 saturated carbocycles. The summed E-state index contributed by atoms with van der Waals surface area (Å²) >= 11 is 0. The number of aryl methyl sites for hydroxylation is 1. The Morgan fingerprint density at radius 2 is 2.33 bits per heavy atom. The summed E-state index contributed by atoms with van der Waals surface area (Å²) < 4.78 is 5.07. The third-order valence-electron chi connectivity index (χ3n) is 2.48. The van der Waals surface area contributed by atoms with Crippen LogP contribution in [0.4, 0.5) is 5.82 Å². The largest absolute Gasteiger partial charge is 0.481 e. The molecule has 0 aromatic carbocycles. The zero-order valence-electron chi connectivity index (χ0n) is 10.7. The van der Waals surface area contributed by atoms with Gasteiger partial charge in [0.25, 0.3) is 0 Å². The zero-order chi connectivity index (χ0) is 13.4. The number of ether oxygens (including phenoxy) is 1. The highest BCUT2D eigenvalue weighted by Crippen LogP contribution is 2.07. The first-order valence-electron chi connectivity index (χ1n) is 5.95. The van der Waals surface area contributed by atoms with Gasteiger partial charge in [-0.1, -0.05) is 13.3 Å². The normalized spacial score (nSPS) is 12.1. The second kappa shape index (κ2) is 7.60. The van der Waals surface area contributed by atoms with Crippen LogP contribution in [-0.2, 0) is 16.0 Å². The van der Waals surface area contributed by atoms with Crippen molar-refractivity contribution in [3.05, 3.63) is 18.1 Å². The van der Waals surface area contributed by atoms with Gasteiger partial charge in [0.15, 0.2) is 0 Å². The third kappa shape index (κ3) is 5.09. The van der Waals surface area contributed by atoms with E-state index in [0.717, 1.165) is 18.5 Å². The summed E-state index contributed by atoms with van der Waals surface area (Å²) in [6.45, 7) is 2.49. The minimum absolute atomic E-state index is 0.0313. The number of aromatic nitrogens is 2. The van der Waals surface area contributed by atoms with E-state index in [4.69, 9.17) is 9.84 Å². The van der Waals surface area contributed by atoms with Crippen LogP contribution in [0, 0.1) is 0 Å². The van der Waals surface area contributed by atoms with Crippen LogP contribution in [0.5, 0.6) is 0 Å². The van der Waals surface area contributed by atoms with Gasteiger partial charge in [-0.15, -0.1) is 0 Å². The Hall–Kier alpha value is -1.69. The van der Waals surface area contributed by atoms with Crippen LogP contribution < -0.4 is 5.32 Å². The van der Waals surface area contributed by atoms with E-state index in [1.54, 1.807) is 0 Å². The molecule has 0 spiro atoms. The lowest BCUT2D eigenvalue weighted by Gasteiger charge is -2.14. The van der Waals surface area contributed by atoms with Crippen molar-refractivity contribution >= 4 is 11.8 Å². The Bertz CT molecular complexity index is 385. The van der Waals surface area contributed by atoms with Crippen molar-refractivity contribution in [2.45, 2.75) is 32.3 Å². The van der Waals surface area contributed by atoms with Gasteiger partial charge in [-0.25, -0.2) is 9.97 Å². The van der Waals surface area contributed by atoms with E-state index >= 15 is 0 Å². The molecule has 0 aliphatic heterocycles. The van der Waals surface area contributed by atoms with Crippen LogP contribution in [0.25, 0.3) is 0 Å². The number of rotatable bonds is 8. The summed E-state index contributed by atoms with van der Waals surface area (Å²) in [5.41, 5.74) is 0.974. The van der Waals surface area contributed by atoms with E-state index in [-0.39, 0.29) is 12.5 Å². The molecule has 2 N–H and O–H groups in total. The number of hydrogen-bond acceptors (Lipinski definition) is 5. The standard InChI is InChI=1S/C12H19N3O3/c1-3-4-9-5-11(15-8-14-9)13-7-10(18-2)6-12(16)17/h5,8,10H,3-4,6-7H2,1-2H3,(H,16,17)(H,13,14,15). The first-order valence-corrected chi connectivity index (χ1v) is 5.95. The van der Waals surface area contributed by atoms with E-state index in [2.05, 4.69) is 22.2 Å². The molecular formula is C12H19N3O3. The minimum Gasteiger partial charge on any atom is -0.481 e. The predicted molar refractivity (Wildman–Crippen MR) is 67.6 cm³/mol. The lowest BCUT2D eigenvalue weighted by Crippen LogP contribution is -2.25. The molecule has 1 rings (SSSR count). The van der Waals surface area contributed by atoms with Crippen LogP contribution in [0.1, 0.15) is 25.5 Å². The molecule has 6 nitrogen and oxygen atoms in total. The van der Waals surface area contributed by atoms with Crippen molar-refractivity contribution in [1.29, 1.82) is 0 Å². The number of anilines is 1. The highest BCUT2D eigenvalue weighted by Gasteiger charge is 2.12. The number of nitrogens with one attached hydrogen (secondary N) is 1. The third-order valence-corrected chi connectivity index (χ3v) is 2.48. The van der Waals surface area contributed by atoms with Crippen molar-refractivity contribution in [2.75, 3.05) is 19.0 Å². The molecule has 1 heterocycles. The smallest absolute Gasteiger partial charge is 0.306 e. The van der Waals surface area contributed by atoms with Gasteiger partial charge in [-0.05, 0) is 6.42 Å². The Morgan fingerprint density at radius 1 is 1.56 bits per heavy atom. The van der Waals surface area contributed by atoms with Gasteiger partial charge in [-0.3, -0.25) is 4.79 Å². The number of aliphatic carboxylic acids is 1. The molecule has 1 aromatic rings. The number of nitrogens with zero attached hydrogens (tertiary/aromatic N) is 2. The van der Waals surface area contributed by atoms with E-state index in [1.807, 2.05) is 6.07 Å². The Labute approximate surface area is 106 Å². The van der Waals surface area contributed by atoms with Gasteiger partial charge in [-0.2, -0.15) is 0 Å². The van der Waals surface area contributed by atoms with Crippen LogP contribution >= 0.6 is 0 Å². The molecule has 0 saturated heterocycles. The predicted octanol–water partition coefficient (Wildman–Crippen LogP) is 1.33. The first kappa shape index (κ1) is 14.4. The van der Waals surface area contributed by atoms with Gasteiger partial charge < -0.3 is 15.2 Å². The van der Waals surface area contributed by atoms with Crippen LogP contribution in [-0.4, -0.2) is 40.8 Å². The highest BCUT2D eigenvalue weighted by atomic mass is 16.5. The average Bonchev–Trinajstić information content (AvgIpc) is 2.35. The van der Waals surface area contributed by atoms with Crippen LogP contribution in [0.15, 0.2) is 12.4 Å². The van der Waals surface area contributed by atoms with E-state index in [0.29, 0.717) is 12.4 Å². The van der Waals surface area contributed by atoms with Crippen molar-refractivity contribution < 1.29 is 14.6 Å². The number of carbonyl (C=O) groups is 1. The maximum Gasteiger partial charge on any atom is 0.306 e. The van der Waals surface area contributed by atoms with E-state index in [9.17, 15) is 4.79 Å². The SMILES string of the molecule is CCCc1cc(NCC(CC(=O)O)OC)ncn1. The van der Waals surface area contributed by atoms with E-state index < -0.39 is 5.97 Å². The highest BCUT2D eigenvalue weighted by molar-refractivity contribution is 5.67. The average molecular weight is 253 g/mol. The Balaban J connectivity index is 2.50. The molecule has 0 radical (unpaired) electrons. The molecule has 18 heavy (non-hydrogen) atoms. The molecule has 0 aliphatic rings. The molecule has 0 amide bonds. The Morgan fingerprint density at radius 3 is 2.94 bits per heavy atom. The summed E-state index contributed by atoms with van der Waals surface area (Å²) in [4.78, 5) is 18.8. The molecule has 1 atom stereocenters. The molecule has 0 bridgehead atoms. The van der Waals surface area contributed by atoms with Crippen molar-refractivity contribution in [2.24, 2.45) is 0 Å². The number of methoxy groups -OCH3 is 1. The van der Waals surface area contributed by atoms with Gasteiger partial charge in [0.2, 0.25) is 0 Å². The second-order valence-corrected chi connectivity index (χ2v) is 3.98. The lowest BCUT2D eigenvalue weighted by molar-refractivity contribution is -0.139. The summed E-state index contributed by atoms with van der Waals surface area (Å²) in [5.74, 6) is -0.182. The second-order valence-electron chi connectivity index (χ2n) is 3.98. The molecule has 1 unspecified atom stereocenters. The molecule has 6 heteroatoms. The summed E-state index contributed by atoms with van der Waals surface area (Å²) in [5, 5.41) is 11.8. The van der Waals surface area contributed by atoms with Crippen LogP contribution in [0.3, 0.4) is 0 Å². The van der Waals surface area contributed by atoms with Gasteiger partial charge in [0, 0.05) is 25.4 Å². The number of hydrogen-bond donors (Lipinski definition) is 2. The maximum atomic E-state index is 10.6. The van der Waals surface area contributed by atoms with Crippen LogP contribution in [0.2, 0.25) is 0 Å². The summed E-state index contributed by atoms with van der Waals surface area (Å²) in [7, 11) is 1.50. The number of carboxylic acids is 1. The summed E-state index contributed by atoms with van der Waals surface area (Å²) in [6.07, 6.45) is 3.03. The minimum atomic E-state index is -0.877. The van der Waals surface area contributed by atoms with Crippen molar-refractivity contribution in [3.8, 4) is 0 Å². The fraction of sp³-hybridized carbons (Fsp3) is 0.583. The molecule has 100 valence electrons. The molecule has 1 aromatic heterocycles. The van der Waals surface area contributed by atoms with Gasteiger partial charge >= 0.3 is 5.97 Å². The Kier molecular flexibility index (Phi) is 6.07. The monoisotopic (exact) mass is 253 g/mol.